The molecule has 10 aromatic carbocycles. The fourth-order valence-electron chi connectivity index (χ4n) is 10.3. The second-order valence-electron chi connectivity index (χ2n) is 16.0. The third-order valence-electron chi connectivity index (χ3n) is 12.9. The molecule has 2 nitrogen and oxygen atoms in total. The van der Waals surface area contributed by atoms with Crippen molar-refractivity contribution in [3.05, 3.63) is 235 Å². The summed E-state index contributed by atoms with van der Waals surface area (Å²) in [5.74, 6) is 1.86. The zero-order valence-electron chi connectivity index (χ0n) is 32.5. The number of fused-ring (bicyclic) bond motifs is 16. The quantitative estimate of drug-likeness (QED) is 0.176. The molecule has 2 heterocycles. The van der Waals surface area contributed by atoms with Gasteiger partial charge in [0.05, 0.1) is 15.8 Å². The minimum atomic E-state index is -0.602. The Morgan fingerprint density at radius 1 is 0.383 bits per heavy atom. The summed E-state index contributed by atoms with van der Waals surface area (Å²) in [6.45, 7) is 0. The molecule has 0 unspecified atom stereocenters. The molecule has 0 N–H and O–H groups in total. The second kappa shape index (κ2) is 12.8. The lowest BCUT2D eigenvalue weighted by Gasteiger charge is -2.40. The molecule has 1 aliphatic heterocycles. The molecule has 0 amide bonds. The average molecular weight is 782 g/mol. The van der Waals surface area contributed by atoms with E-state index in [0.29, 0.717) is 0 Å². The van der Waals surface area contributed by atoms with E-state index in [1.54, 1.807) is 0 Å². The van der Waals surface area contributed by atoms with Crippen LogP contribution in [0.5, 0.6) is 11.5 Å². The molecule has 1 spiro atoms. The fourth-order valence-corrected chi connectivity index (χ4v) is 11.5. The zero-order valence-corrected chi connectivity index (χ0v) is 33.3. The standard InChI is InChI=1S/C57H35NOS/c1-2-13-36(14-3-1)37-25-29-40(30-26-37)58(52-23-12-21-46-45-20-9-11-24-53(45)60-56(46)52)41-31-34-49-47(35-41)44-19-8-10-22-48(44)57(49)50-32-27-38-15-4-6-17-42(38)54(50)59-55-43-18-7-5-16-39(43)28-33-51(55)57/h1-35H. The van der Waals surface area contributed by atoms with Gasteiger partial charge in [0.25, 0.3) is 0 Å². The van der Waals surface area contributed by atoms with E-state index in [9.17, 15) is 0 Å². The summed E-state index contributed by atoms with van der Waals surface area (Å²) in [5.41, 5.74) is 12.6. The van der Waals surface area contributed by atoms with Crippen molar-refractivity contribution >= 4 is 70.1 Å². The lowest BCUT2D eigenvalue weighted by molar-refractivity contribution is 0.447. The molecule has 0 radical (unpaired) electrons. The second-order valence-corrected chi connectivity index (χ2v) is 17.0. The van der Waals surface area contributed by atoms with Gasteiger partial charge in [0, 0.05) is 48.7 Å². The van der Waals surface area contributed by atoms with Gasteiger partial charge in [-0.1, -0.05) is 176 Å². The number of thiophene rings is 1. The molecule has 0 saturated heterocycles. The summed E-state index contributed by atoms with van der Waals surface area (Å²) in [6.07, 6.45) is 0. The molecule has 13 rings (SSSR count). The summed E-state index contributed by atoms with van der Waals surface area (Å²) in [5, 5.41) is 7.15. The lowest BCUT2D eigenvalue weighted by atomic mass is 9.65. The van der Waals surface area contributed by atoms with Gasteiger partial charge in [0.15, 0.2) is 0 Å². The lowest BCUT2D eigenvalue weighted by Crippen LogP contribution is -2.32. The first-order valence-corrected chi connectivity index (χ1v) is 21.4. The SMILES string of the molecule is c1ccc(-c2ccc(N(c3ccc4c(c3)-c3ccccc3C43c4ccc5ccccc5c4Oc4c3ccc3ccccc43)c3cccc4c3sc3ccccc34)cc2)cc1. The molecule has 0 saturated carbocycles. The maximum Gasteiger partial charge on any atom is 0.140 e. The van der Waals surface area contributed by atoms with Crippen LogP contribution < -0.4 is 9.64 Å². The van der Waals surface area contributed by atoms with Gasteiger partial charge < -0.3 is 9.64 Å². The molecule has 11 aromatic rings. The molecule has 1 aromatic heterocycles. The highest BCUT2D eigenvalue weighted by Crippen LogP contribution is 2.64. The van der Waals surface area contributed by atoms with E-state index in [1.165, 1.54) is 81.1 Å². The fraction of sp³-hybridized carbons (Fsp3) is 0.0175. The van der Waals surface area contributed by atoms with Crippen LogP contribution in [0.3, 0.4) is 0 Å². The molecule has 2 aliphatic rings. The number of ether oxygens (including phenoxy) is 1. The molecule has 0 atom stereocenters. The summed E-state index contributed by atoms with van der Waals surface area (Å²) >= 11 is 1.87. The van der Waals surface area contributed by atoms with Crippen LogP contribution >= 0.6 is 11.3 Å². The zero-order chi connectivity index (χ0) is 39.4. The van der Waals surface area contributed by atoms with E-state index in [2.05, 4.69) is 217 Å². The minimum absolute atomic E-state index is 0.602. The van der Waals surface area contributed by atoms with Crippen molar-refractivity contribution in [2.75, 3.05) is 4.90 Å². The molecule has 0 bridgehead atoms. The van der Waals surface area contributed by atoms with Gasteiger partial charge in [-0.05, 0) is 80.6 Å². The highest BCUT2D eigenvalue weighted by atomic mass is 32.1. The first kappa shape index (κ1) is 33.5. The predicted octanol–water partition coefficient (Wildman–Crippen LogP) is 16.0. The molecule has 60 heavy (non-hydrogen) atoms. The number of anilines is 3. The summed E-state index contributed by atoms with van der Waals surface area (Å²) < 4.78 is 9.76. The summed E-state index contributed by atoms with van der Waals surface area (Å²) in [7, 11) is 0. The van der Waals surface area contributed by atoms with Gasteiger partial charge in [0.2, 0.25) is 0 Å². The molecule has 0 fully saturated rings. The van der Waals surface area contributed by atoms with Crippen molar-refractivity contribution in [1.29, 1.82) is 0 Å². The maximum atomic E-state index is 7.20. The Hall–Kier alpha value is -7.46. The number of nitrogens with zero attached hydrogens (tertiary/aromatic N) is 1. The average Bonchev–Trinajstić information content (AvgIpc) is 3.84. The first-order chi connectivity index (χ1) is 29.8. The van der Waals surface area contributed by atoms with Crippen molar-refractivity contribution in [3.8, 4) is 33.8 Å². The molecule has 3 heteroatoms. The maximum absolute atomic E-state index is 7.20. The van der Waals surface area contributed by atoms with Crippen LogP contribution in [0.4, 0.5) is 17.1 Å². The van der Waals surface area contributed by atoms with Crippen molar-refractivity contribution < 1.29 is 4.74 Å². The Morgan fingerprint density at radius 2 is 0.950 bits per heavy atom. The largest absolute Gasteiger partial charge is 0.455 e. The van der Waals surface area contributed by atoms with Crippen LogP contribution in [0.1, 0.15) is 22.3 Å². The van der Waals surface area contributed by atoms with Crippen LogP contribution in [0, 0.1) is 0 Å². The van der Waals surface area contributed by atoms with Crippen molar-refractivity contribution in [3.63, 3.8) is 0 Å². The van der Waals surface area contributed by atoms with E-state index in [4.69, 9.17) is 4.74 Å². The monoisotopic (exact) mass is 781 g/mol. The van der Waals surface area contributed by atoms with Crippen LogP contribution in [-0.4, -0.2) is 0 Å². The summed E-state index contributed by atoms with van der Waals surface area (Å²) in [6, 6.07) is 77.9. The van der Waals surface area contributed by atoms with Crippen LogP contribution in [0.2, 0.25) is 0 Å². The molecular weight excluding hydrogens is 747 g/mol. The van der Waals surface area contributed by atoms with E-state index in [1.807, 2.05) is 11.3 Å². The number of benzene rings is 10. The van der Waals surface area contributed by atoms with Crippen LogP contribution in [-0.2, 0) is 5.41 Å². The van der Waals surface area contributed by atoms with E-state index in [-0.39, 0.29) is 0 Å². The van der Waals surface area contributed by atoms with Gasteiger partial charge in [-0.3, -0.25) is 0 Å². The molecular formula is C57H35NOS. The van der Waals surface area contributed by atoms with Crippen molar-refractivity contribution in [2.24, 2.45) is 0 Å². The molecule has 280 valence electrons. The number of rotatable bonds is 4. The third-order valence-corrected chi connectivity index (χ3v) is 14.1. The van der Waals surface area contributed by atoms with Gasteiger partial charge in [-0.15, -0.1) is 11.3 Å². The van der Waals surface area contributed by atoms with Gasteiger partial charge >= 0.3 is 0 Å². The highest BCUT2D eigenvalue weighted by Gasteiger charge is 2.52. The topological polar surface area (TPSA) is 12.5 Å². The van der Waals surface area contributed by atoms with E-state index < -0.39 is 5.41 Å². The van der Waals surface area contributed by atoms with Gasteiger partial charge in [-0.2, -0.15) is 0 Å². The van der Waals surface area contributed by atoms with E-state index in [0.717, 1.165) is 33.6 Å². The molecule has 1 aliphatic carbocycles. The van der Waals surface area contributed by atoms with Crippen molar-refractivity contribution in [1.82, 2.24) is 0 Å². The number of hydrogen-bond acceptors (Lipinski definition) is 3. The van der Waals surface area contributed by atoms with Crippen LogP contribution in [0.25, 0.3) is 64.0 Å². The Bertz CT molecular complexity index is 3440. The van der Waals surface area contributed by atoms with Gasteiger partial charge in [-0.25, -0.2) is 0 Å². The minimum Gasteiger partial charge on any atom is -0.455 e. The highest BCUT2D eigenvalue weighted by molar-refractivity contribution is 7.26. The first-order valence-electron chi connectivity index (χ1n) is 20.6. The Labute approximate surface area is 351 Å². The number of hydrogen-bond donors (Lipinski definition) is 0. The van der Waals surface area contributed by atoms with E-state index >= 15 is 0 Å². The normalized spacial score (nSPS) is 13.3. The predicted molar refractivity (Wildman–Crippen MR) is 252 cm³/mol. The van der Waals surface area contributed by atoms with Crippen LogP contribution in [0.15, 0.2) is 212 Å². The Kier molecular flexibility index (Phi) is 7.13. The Balaban J connectivity index is 1.09. The van der Waals surface area contributed by atoms with Crippen molar-refractivity contribution in [2.45, 2.75) is 5.41 Å². The Morgan fingerprint density at radius 3 is 1.70 bits per heavy atom. The summed E-state index contributed by atoms with van der Waals surface area (Å²) in [4.78, 5) is 2.47. The third kappa shape index (κ3) is 4.64. The van der Waals surface area contributed by atoms with Gasteiger partial charge in [0.1, 0.15) is 11.5 Å². The smallest absolute Gasteiger partial charge is 0.140 e.